The first kappa shape index (κ1) is 14.6. The summed E-state index contributed by atoms with van der Waals surface area (Å²) in [5.41, 5.74) is 0. The van der Waals surface area contributed by atoms with Crippen LogP contribution >= 0.6 is 0 Å². The number of hydrogen-bond acceptors (Lipinski definition) is 4. The topological polar surface area (TPSA) is 121 Å². The Morgan fingerprint density at radius 1 is 1.31 bits per heavy atom. The Hall–Kier alpha value is -1.44. The summed E-state index contributed by atoms with van der Waals surface area (Å²) in [6.07, 6.45) is -0.293. The highest BCUT2D eigenvalue weighted by molar-refractivity contribution is 7.85. The van der Waals surface area contributed by atoms with Crippen molar-refractivity contribution in [2.75, 3.05) is 11.5 Å². The first-order chi connectivity index (χ1) is 7.32. The Bertz CT molecular complexity index is 316. The van der Waals surface area contributed by atoms with Crippen molar-refractivity contribution in [3.63, 3.8) is 0 Å². The van der Waals surface area contributed by atoms with Gasteiger partial charge in [-0.05, 0) is 0 Å². The summed E-state index contributed by atoms with van der Waals surface area (Å²) >= 11 is 0. The first-order valence-electron chi connectivity index (χ1n) is 4.39. The molecule has 1 amide bonds. The van der Waals surface area contributed by atoms with Gasteiger partial charge in [-0.3, -0.25) is 13.8 Å². The number of nitrogens with one attached hydrogen (secondary N) is 1. The third-order valence-electron chi connectivity index (χ3n) is 1.57. The predicted molar refractivity (Wildman–Crippen MR) is 55.4 cm³/mol. The van der Waals surface area contributed by atoms with Crippen molar-refractivity contribution in [3.05, 3.63) is 0 Å². The van der Waals surface area contributed by atoms with Crippen LogP contribution in [0.15, 0.2) is 0 Å². The third kappa shape index (κ3) is 6.93. The lowest BCUT2D eigenvalue weighted by Crippen LogP contribution is -2.43. The third-order valence-corrected chi connectivity index (χ3v) is 2.94. The zero-order valence-electron chi connectivity index (χ0n) is 8.63. The summed E-state index contributed by atoms with van der Waals surface area (Å²) < 4.78 is 11.3. The van der Waals surface area contributed by atoms with Crippen LogP contribution in [0.2, 0.25) is 0 Å². The first-order valence-corrected chi connectivity index (χ1v) is 5.88. The van der Waals surface area contributed by atoms with Crippen molar-refractivity contribution in [1.29, 1.82) is 0 Å². The number of hydrogen-bond donors (Lipinski definition) is 3. The van der Waals surface area contributed by atoms with Crippen LogP contribution in [0.25, 0.3) is 0 Å². The molecule has 8 heteroatoms. The van der Waals surface area contributed by atoms with Gasteiger partial charge in [0.05, 0.1) is 12.2 Å². The molecule has 0 bridgehead atoms. The van der Waals surface area contributed by atoms with Crippen LogP contribution in [-0.2, 0) is 25.2 Å². The zero-order chi connectivity index (χ0) is 12.7. The van der Waals surface area contributed by atoms with Gasteiger partial charge in [-0.1, -0.05) is 0 Å². The van der Waals surface area contributed by atoms with Crippen molar-refractivity contribution >= 4 is 28.6 Å². The van der Waals surface area contributed by atoms with Gasteiger partial charge < -0.3 is 15.5 Å². The molecule has 0 rings (SSSR count). The van der Waals surface area contributed by atoms with E-state index < -0.39 is 34.7 Å². The highest BCUT2D eigenvalue weighted by Gasteiger charge is 2.21. The van der Waals surface area contributed by atoms with Crippen LogP contribution in [0, 0.1) is 0 Å². The summed E-state index contributed by atoms with van der Waals surface area (Å²) in [6.45, 7) is 1.15. The van der Waals surface area contributed by atoms with Gasteiger partial charge in [0.2, 0.25) is 5.91 Å². The maximum absolute atomic E-state index is 11.3. The monoisotopic (exact) mass is 251 g/mol. The van der Waals surface area contributed by atoms with E-state index in [-0.39, 0.29) is 17.9 Å². The largest absolute Gasteiger partial charge is 0.481 e. The Kier molecular flexibility index (Phi) is 6.31. The van der Waals surface area contributed by atoms with Gasteiger partial charge in [-0.2, -0.15) is 0 Å². The van der Waals surface area contributed by atoms with E-state index in [9.17, 15) is 18.6 Å². The summed E-state index contributed by atoms with van der Waals surface area (Å²) in [6, 6.07) is -1.24. The van der Waals surface area contributed by atoms with E-state index in [1.165, 1.54) is 0 Å². The van der Waals surface area contributed by atoms with Gasteiger partial charge in [0.1, 0.15) is 6.04 Å². The molecule has 0 fully saturated rings. The molecular formula is C8H13NO6S. The van der Waals surface area contributed by atoms with E-state index in [1.54, 1.807) is 0 Å². The maximum atomic E-state index is 11.3. The fourth-order valence-corrected chi connectivity index (χ4v) is 2.06. The molecule has 0 aromatic rings. The summed E-state index contributed by atoms with van der Waals surface area (Å²) in [5.74, 6) is -3.35. The van der Waals surface area contributed by atoms with Crippen LogP contribution in [0.5, 0.6) is 0 Å². The molecule has 0 aromatic carbocycles. The number of amides is 1. The van der Waals surface area contributed by atoms with Crippen LogP contribution in [0.3, 0.4) is 0 Å². The minimum atomic E-state index is -1.58. The Balaban J connectivity index is 4.18. The Morgan fingerprint density at radius 2 is 1.88 bits per heavy atom. The van der Waals surface area contributed by atoms with E-state index >= 15 is 0 Å². The second-order valence-corrected chi connectivity index (χ2v) is 4.67. The molecule has 0 aromatic heterocycles. The van der Waals surface area contributed by atoms with E-state index in [0.717, 1.165) is 6.92 Å². The molecule has 7 nitrogen and oxygen atoms in total. The lowest BCUT2D eigenvalue weighted by Gasteiger charge is -2.12. The van der Waals surface area contributed by atoms with Crippen molar-refractivity contribution in [2.24, 2.45) is 0 Å². The van der Waals surface area contributed by atoms with Gasteiger partial charge in [-0.15, -0.1) is 0 Å². The predicted octanol–water partition coefficient (Wildman–Crippen LogP) is -1.20. The van der Waals surface area contributed by atoms with Crippen molar-refractivity contribution in [2.45, 2.75) is 19.4 Å². The maximum Gasteiger partial charge on any atom is 0.327 e. The van der Waals surface area contributed by atoms with Crippen LogP contribution in [0.4, 0.5) is 0 Å². The highest BCUT2D eigenvalue weighted by Crippen LogP contribution is 1.94. The molecule has 0 radical (unpaired) electrons. The minimum absolute atomic E-state index is 0.126. The molecule has 0 saturated carbocycles. The number of carboxylic acids is 2. The average molecular weight is 251 g/mol. The second-order valence-electron chi connectivity index (χ2n) is 3.05. The number of carbonyl (C=O) groups is 3. The molecule has 0 aliphatic heterocycles. The van der Waals surface area contributed by atoms with Crippen LogP contribution < -0.4 is 5.32 Å². The Labute approximate surface area is 94.3 Å². The Morgan fingerprint density at radius 3 is 2.25 bits per heavy atom. The summed E-state index contributed by atoms with van der Waals surface area (Å²) in [7, 11) is -1.58. The molecule has 1 unspecified atom stereocenters. The van der Waals surface area contributed by atoms with Crippen LogP contribution in [0.1, 0.15) is 13.3 Å². The summed E-state index contributed by atoms with van der Waals surface area (Å²) in [4.78, 5) is 31.5. The fraction of sp³-hybridized carbons (Fsp3) is 0.625. The number of carbonyl (C=O) groups excluding carboxylic acids is 1. The zero-order valence-corrected chi connectivity index (χ0v) is 9.45. The van der Waals surface area contributed by atoms with Crippen LogP contribution in [-0.4, -0.2) is 49.8 Å². The molecule has 0 aliphatic carbocycles. The van der Waals surface area contributed by atoms with E-state index in [0.29, 0.717) is 0 Å². The normalized spacial score (nSPS) is 13.8. The standard InChI is InChI=1S/C8H13NO6S/c1-5(10)9-6(8(13)14)4-16(15)3-2-7(11)12/h6H,2-4H2,1H3,(H,9,10)(H,11,12)(H,13,14)/t6-,16?/m1/s1. The minimum Gasteiger partial charge on any atom is -0.481 e. The SMILES string of the molecule is CC(=O)N[C@H](CS(=O)CCC(=O)O)C(=O)O. The molecule has 2 atom stereocenters. The van der Waals surface area contributed by atoms with Gasteiger partial charge >= 0.3 is 11.9 Å². The highest BCUT2D eigenvalue weighted by atomic mass is 32.2. The average Bonchev–Trinajstić information content (AvgIpc) is 2.12. The fourth-order valence-electron chi connectivity index (χ4n) is 0.890. The lowest BCUT2D eigenvalue weighted by atomic mass is 10.3. The van der Waals surface area contributed by atoms with Crippen molar-refractivity contribution in [3.8, 4) is 0 Å². The number of rotatable bonds is 7. The lowest BCUT2D eigenvalue weighted by molar-refractivity contribution is -0.140. The molecule has 0 heterocycles. The van der Waals surface area contributed by atoms with E-state index in [1.807, 2.05) is 0 Å². The molecule has 0 spiro atoms. The smallest absolute Gasteiger partial charge is 0.327 e. The number of aliphatic carboxylic acids is 2. The molecule has 0 aliphatic rings. The van der Waals surface area contributed by atoms with Gasteiger partial charge in [0, 0.05) is 23.5 Å². The molecule has 3 N–H and O–H groups in total. The van der Waals surface area contributed by atoms with Gasteiger partial charge in [0.25, 0.3) is 0 Å². The molecule has 0 saturated heterocycles. The van der Waals surface area contributed by atoms with Crippen molar-refractivity contribution in [1.82, 2.24) is 5.32 Å². The second kappa shape index (κ2) is 6.94. The molecule has 16 heavy (non-hydrogen) atoms. The van der Waals surface area contributed by atoms with Crippen molar-refractivity contribution < 1.29 is 28.8 Å². The summed E-state index contributed by atoms with van der Waals surface area (Å²) in [5, 5.41) is 19.1. The van der Waals surface area contributed by atoms with E-state index in [4.69, 9.17) is 10.2 Å². The van der Waals surface area contributed by atoms with Gasteiger partial charge in [-0.25, -0.2) is 4.79 Å². The van der Waals surface area contributed by atoms with E-state index in [2.05, 4.69) is 5.32 Å². The van der Waals surface area contributed by atoms with Gasteiger partial charge in [0.15, 0.2) is 0 Å². The quantitative estimate of drug-likeness (QED) is 0.522. The molecular weight excluding hydrogens is 238 g/mol. The number of carboxylic acid groups (broad SMARTS) is 2. The molecule has 92 valence electrons.